The largest absolute Gasteiger partial charge is 0.357 e. The highest BCUT2D eigenvalue weighted by Crippen LogP contribution is 2.23. The smallest absolute Gasteiger partial charge is 0.272 e. The Hall–Kier alpha value is -2.63. The van der Waals surface area contributed by atoms with Crippen LogP contribution in [-0.2, 0) is 6.42 Å². The van der Waals surface area contributed by atoms with E-state index in [2.05, 4.69) is 20.2 Å². The standard InChI is InChI=1S/C20H26N4O2/c1-4-7-16-18(14(3)25)13(2)22-19(16)20(26)23-15-8-9-17(21-12-15)24-10-5-6-11-24/h8-9,12,22H,4-7,10-11H2,1-3H3,(H,23,26). The number of aromatic nitrogens is 2. The second-order valence-electron chi connectivity index (χ2n) is 6.84. The van der Waals surface area contributed by atoms with Gasteiger partial charge >= 0.3 is 0 Å². The zero-order valence-corrected chi connectivity index (χ0v) is 15.7. The van der Waals surface area contributed by atoms with Gasteiger partial charge in [0.1, 0.15) is 11.5 Å². The second-order valence-corrected chi connectivity index (χ2v) is 6.84. The van der Waals surface area contributed by atoms with Crippen LogP contribution in [0.15, 0.2) is 18.3 Å². The highest BCUT2D eigenvalue weighted by atomic mass is 16.2. The van der Waals surface area contributed by atoms with Crippen LogP contribution < -0.4 is 10.2 Å². The van der Waals surface area contributed by atoms with Crippen molar-refractivity contribution in [1.29, 1.82) is 0 Å². The Balaban J connectivity index is 1.79. The molecule has 0 radical (unpaired) electrons. The third-order valence-electron chi connectivity index (χ3n) is 4.81. The Morgan fingerprint density at radius 1 is 1.27 bits per heavy atom. The predicted octanol–water partition coefficient (Wildman–Crippen LogP) is 3.73. The number of aromatic amines is 1. The summed E-state index contributed by atoms with van der Waals surface area (Å²) < 4.78 is 0. The van der Waals surface area contributed by atoms with Crippen molar-refractivity contribution in [2.75, 3.05) is 23.3 Å². The number of rotatable bonds is 6. The van der Waals surface area contributed by atoms with E-state index in [-0.39, 0.29) is 11.7 Å². The fourth-order valence-electron chi connectivity index (χ4n) is 3.63. The van der Waals surface area contributed by atoms with E-state index in [4.69, 9.17) is 0 Å². The fraction of sp³-hybridized carbons (Fsp3) is 0.450. The summed E-state index contributed by atoms with van der Waals surface area (Å²) in [6, 6.07) is 3.81. The number of carbonyl (C=O) groups excluding carboxylic acids is 2. The van der Waals surface area contributed by atoms with E-state index in [1.54, 1.807) is 6.20 Å². The number of aryl methyl sites for hydroxylation is 1. The summed E-state index contributed by atoms with van der Waals surface area (Å²) in [7, 11) is 0. The van der Waals surface area contributed by atoms with Gasteiger partial charge in [-0.1, -0.05) is 13.3 Å². The van der Waals surface area contributed by atoms with Crippen LogP contribution in [0, 0.1) is 6.92 Å². The summed E-state index contributed by atoms with van der Waals surface area (Å²) in [6.07, 6.45) is 5.64. The first-order chi connectivity index (χ1) is 12.5. The number of hydrogen-bond acceptors (Lipinski definition) is 4. The van der Waals surface area contributed by atoms with Gasteiger partial charge in [0.05, 0.1) is 11.9 Å². The van der Waals surface area contributed by atoms with Crippen LogP contribution in [0.3, 0.4) is 0 Å². The molecule has 138 valence electrons. The average molecular weight is 354 g/mol. The number of carbonyl (C=O) groups is 2. The molecule has 0 bridgehead atoms. The Bertz CT molecular complexity index is 802. The zero-order valence-electron chi connectivity index (χ0n) is 15.7. The van der Waals surface area contributed by atoms with Crippen molar-refractivity contribution in [2.24, 2.45) is 0 Å². The highest BCUT2D eigenvalue weighted by Gasteiger charge is 2.22. The Kier molecular flexibility index (Phi) is 5.40. The van der Waals surface area contributed by atoms with Gasteiger partial charge in [-0.3, -0.25) is 9.59 Å². The molecule has 0 aliphatic carbocycles. The van der Waals surface area contributed by atoms with E-state index in [9.17, 15) is 9.59 Å². The summed E-state index contributed by atoms with van der Waals surface area (Å²) in [6.45, 7) is 7.48. The molecule has 0 aromatic carbocycles. The van der Waals surface area contributed by atoms with E-state index in [0.29, 0.717) is 23.4 Å². The van der Waals surface area contributed by atoms with Crippen molar-refractivity contribution in [3.8, 4) is 0 Å². The maximum Gasteiger partial charge on any atom is 0.272 e. The van der Waals surface area contributed by atoms with Crippen LogP contribution in [0.2, 0.25) is 0 Å². The molecule has 1 saturated heterocycles. The topological polar surface area (TPSA) is 78.1 Å². The van der Waals surface area contributed by atoms with Gasteiger partial charge in [-0.15, -0.1) is 0 Å². The second kappa shape index (κ2) is 7.72. The minimum absolute atomic E-state index is 0.0158. The molecule has 6 heteroatoms. The van der Waals surface area contributed by atoms with Gasteiger partial charge in [0, 0.05) is 24.3 Å². The quantitative estimate of drug-likeness (QED) is 0.775. The zero-order chi connectivity index (χ0) is 18.7. The lowest BCUT2D eigenvalue weighted by atomic mass is 10.0. The lowest BCUT2D eigenvalue weighted by molar-refractivity contribution is 0.101. The van der Waals surface area contributed by atoms with Crippen LogP contribution >= 0.6 is 0 Å². The molecule has 0 unspecified atom stereocenters. The number of H-pyrrole nitrogens is 1. The SMILES string of the molecule is CCCc1c(C(=O)Nc2ccc(N3CCCC3)nc2)[nH]c(C)c1C(C)=O. The molecule has 2 aromatic rings. The number of hydrogen-bond donors (Lipinski definition) is 2. The number of amides is 1. The van der Waals surface area contributed by atoms with Crippen molar-refractivity contribution in [3.05, 3.63) is 40.8 Å². The highest BCUT2D eigenvalue weighted by molar-refractivity contribution is 6.07. The van der Waals surface area contributed by atoms with Gasteiger partial charge in [-0.25, -0.2) is 4.98 Å². The molecule has 1 amide bonds. The number of Topliss-reactive ketones (excluding diaryl/α,β-unsaturated/α-hetero) is 1. The molecule has 0 atom stereocenters. The lowest BCUT2D eigenvalue weighted by Gasteiger charge is -2.16. The van der Waals surface area contributed by atoms with Crippen LogP contribution in [0.5, 0.6) is 0 Å². The number of anilines is 2. The lowest BCUT2D eigenvalue weighted by Crippen LogP contribution is -2.19. The van der Waals surface area contributed by atoms with Crippen LogP contribution in [0.25, 0.3) is 0 Å². The molecule has 6 nitrogen and oxygen atoms in total. The molecule has 1 aliphatic rings. The van der Waals surface area contributed by atoms with Crippen LogP contribution in [0.4, 0.5) is 11.5 Å². The maximum absolute atomic E-state index is 12.7. The van der Waals surface area contributed by atoms with Crippen molar-refractivity contribution in [3.63, 3.8) is 0 Å². The van der Waals surface area contributed by atoms with Gasteiger partial charge in [0.2, 0.25) is 0 Å². The fourth-order valence-corrected chi connectivity index (χ4v) is 3.63. The number of ketones is 1. The Labute approximate surface area is 154 Å². The number of nitrogens with zero attached hydrogens (tertiary/aromatic N) is 2. The van der Waals surface area contributed by atoms with Crippen LogP contribution in [0.1, 0.15) is 65.2 Å². The first-order valence-corrected chi connectivity index (χ1v) is 9.26. The third-order valence-corrected chi connectivity index (χ3v) is 4.81. The minimum Gasteiger partial charge on any atom is -0.357 e. The maximum atomic E-state index is 12.7. The molecule has 1 fully saturated rings. The molecule has 0 spiro atoms. The molecular formula is C20H26N4O2. The van der Waals surface area contributed by atoms with E-state index < -0.39 is 0 Å². The monoisotopic (exact) mass is 354 g/mol. The molecule has 3 rings (SSSR count). The van der Waals surface area contributed by atoms with E-state index in [1.807, 2.05) is 26.0 Å². The number of nitrogens with one attached hydrogen (secondary N) is 2. The van der Waals surface area contributed by atoms with E-state index >= 15 is 0 Å². The first-order valence-electron chi connectivity index (χ1n) is 9.26. The average Bonchev–Trinajstić information content (AvgIpc) is 3.24. The molecule has 3 heterocycles. The van der Waals surface area contributed by atoms with Crippen molar-refractivity contribution >= 4 is 23.2 Å². The van der Waals surface area contributed by atoms with Gasteiger partial charge in [-0.05, 0) is 50.8 Å². The predicted molar refractivity (Wildman–Crippen MR) is 103 cm³/mol. The van der Waals surface area contributed by atoms with Crippen molar-refractivity contribution in [2.45, 2.75) is 46.5 Å². The summed E-state index contributed by atoms with van der Waals surface area (Å²) >= 11 is 0. The Morgan fingerprint density at radius 2 is 2.00 bits per heavy atom. The molecule has 26 heavy (non-hydrogen) atoms. The molecule has 2 aromatic heterocycles. The van der Waals surface area contributed by atoms with Gasteiger partial charge in [0.15, 0.2) is 5.78 Å². The molecule has 2 N–H and O–H groups in total. The minimum atomic E-state index is -0.236. The van der Waals surface area contributed by atoms with Gasteiger partial charge in [0.25, 0.3) is 5.91 Å². The summed E-state index contributed by atoms with van der Waals surface area (Å²) in [5.41, 5.74) is 3.31. The van der Waals surface area contributed by atoms with E-state index in [0.717, 1.165) is 36.6 Å². The van der Waals surface area contributed by atoms with Gasteiger partial charge in [-0.2, -0.15) is 0 Å². The molecule has 1 aliphatic heterocycles. The molecular weight excluding hydrogens is 328 g/mol. The number of pyridine rings is 1. The Morgan fingerprint density at radius 3 is 2.58 bits per heavy atom. The summed E-state index contributed by atoms with van der Waals surface area (Å²) in [5.74, 6) is 0.694. The van der Waals surface area contributed by atoms with E-state index in [1.165, 1.54) is 19.8 Å². The van der Waals surface area contributed by atoms with Crippen molar-refractivity contribution in [1.82, 2.24) is 9.97 Å². The normalized spacial score (nSPS) is 13.9. The van der Waals surface area contributed by atoms with Crippen molar-refractivity contribution < 1.29 is 9.59 Å². The summed E-state index contributed by atoms with van der Waals surface area (Å²) in [5, 5.41) is 2.89. The summed E-state index contributed by atoms with van der Waals surface area (Å²) in [4.78, 5) is 34.5. The van der Waals surface area contributed by atoms with Gasteiger partial charge < -0.3 is 15.2 Å². The first kappa shape index (κ1) is 18.2. The van der Waals surface area contributed by atoms with Crippen LogP contribution in [-0.4, -0.2) is 34.7 Å². The molecule has 0 saturated carbocycles. The third kappa shape index (κ3) is 3.64.